The molecule has 4 nitrogen and oxygen atoms in total. The Labute approximate surface area is 98.2 Å². The number of hydrogen-bond acceptors (Lipinski definition) is 3. The highest BCUT2D eigenvalue weighted by molar-refractivity contribution is 6.31. The number of fused-ring (bicyclic) bond motifs is 1. The van der Waals surface area contributed by atoms with Gasteiger partial charge in [-0.2, -0.15) is 5.10 Å². The maximum Gasteiger partial charge on any atom is 0.159 e. The highest BCUT2D eigenvalue weighted by Crippen LogP contribution is 2.23. The highest BCUT2D eigenvalue weighted by Gasteiger charge is 2.09. The lowest BCUT2D eigenvalue weighted by molar-refractivity contribution is 0.343. The number of aryl methyl sites for hydroxylation is 2. The first kappa shape index (κ1) is 11.1. The van der Waals surface area contributed by atoms with Crippen LogP contribution in [0.3, 0.4) is 0 Å². The summed E-state index contributed by atoms with van der Waals surface area (Å²) in [6, 6.07) is 1.93. The monoisotopic (exact) mass is 237 g/mol. The van der Waals surface area contributed by atoms with Gasteiger partial charge in [0.2, 0.25) is 0 Å². The van der Waals surface area contributed by atoms with Crippen LogP contribution in [0, 0.1) is 6.92 Å². The summed E-state index contributed by atoms with van der Waals surface area (Å²) in [6.45, 7) is 1.91. The van der Waals surface area contributed by atoms with Gasteiger partial charge in [-0.05, 0) is 13.0 Å². The highest BCUT2D eigenvalue weighted by atomic mass is 35.5. The topological polar surface area (TPSA) is 50.9 Å². The van der Waals surface area contributed by atoms with Crippen LogP contribution in [-0.2, 0) is 7.05 Å². The SMILES string of the molecule is Cc1nn(C)c2nc(Cl)c(C=CCO)cc12. The van der Waals surface area contributed by atoms with Gasteiger partial charge in [0.05, 0.1) is 12.3 Å². The fraction of sp³-hybridized carbons (Fsp3) is 0.273. The van der Waals surface area contributed by atoms with Crippen molar-refractivity contribution in [2.75, 3.05) is 6.61 Å². The Kier molecular flexibility index (Phi) is 2.94. The standard InChI is InChI=1S/C11H12ClN3O/c1-7-9-6-8(4-3-5-16)10(12)13-11(9)15(2)14-7/h3-4,6,16H,5H2,1-2H3. The fourth-order valence-electron chi connectivity index (χ4n) is 1.63. The van der Waals surface area contributed by atoms with Gasteiger partial charge in [-0.15, -0.1) is 0 Å². The van der Waals surface area contributed by atoms with Gasteiger partial charge < -0.3 is 5.11 Å². The number of halogens is 1. The van der Waals surface area contributed by atoms with Crippen molar-refractivity contribution in [2.45, 2.75) is 6.92 Å². The molecule has 2 aromatic heterocycles. The van der Waals surface area contributed by atoms with E-state index in [2.05, 4.69) is 10.1 Å². The predicted octanol–water partition coefficient (Wildman–Crippen LogP) is 1.94. The summed E-state index contributed by atoms with van der Waals surface area (Å²) in [5, 5.41) is 14.4. The predicted molar refractivity (Wildman–Crippen MR) is 64.4 cm³/mol. The molecule has 0 aliphatic heterocycles. The number of hydrogen-bond donors (Lipinski definition) is 1. The van der Waals surface area contributed by atoms with Crippen LogP contribution in [0.4, 0.5) is 0 Å². The van der Waals surface area contributed by atoms with Crippen molar-refractivity contribution in [1.29, 1.82) is 0 Å². The molecular formula is C11H12ClN3O. The molecule has 0 amide bonds. The van der Waals surface area contributed by atoms with Crippen molar-refractivity contribution in [3.8, 4) is 0 Å². The largest absolute Gasteiger partial charge is 0.392 e. The van der Waals surface area contributed by atoms with Gasteiger partial charge in [0.15, 0.2) is 5.65 Å². The number of aliphatic hydroxyl groups is 1. The van der Waals surface area contributed by atoms with Crippen LogP contribution in [0.1, 0.15) is 11.3 Å². The molecular weight excluding hydrogens is 226 g/mol. The molecule has 2 heterocycles. The second kappa shape index (κ2) is 4.23. The Hall–Kier alpha value is -1.39. The molecule has 2 aromatic rings. The first-order valence-electron chi connectivity index (χ1n) is 4.90. The van der Waals surface area contributed by atoms with Crippen molar-refractivity contribution in [3.05, 3.63) is 28.6 Å². The fourth-order valence-corrected chi connectivity index (χ4v) is 1.83. The smallest absolute Gasteiger partial charge is 0.159 e. The number of aliphatic hydroxyl groups excluding tert-OH is 1. The van der Waals surface area contributed by atoms with Gasteiger partial charge in [-0.25, -0.2) is 4.98 Å². The molecule has 1 N–H and O–H groups in total. The minimum Gasteiger partial charge on any atom is -0.392 e. The van der Waals surface area contributed by atoms with Crippen molar-refractivity contribution < 1.29 is 5.11 Å². The summed E-state index contributed by atoms with van der Waals surface area (Å²) in [5.74, 6) is 0. The average molecular weight is 238 g/mol. The van der Waals surface area contributed by atoms with E-state index in [1.165, 1.54) is 0 Å². The molecule has 2 rings (SSSR count). The van der Waals surface area contributed by atoms with E-state index in [4.69, 9.17) is 16.7 Å². The van der Waals surface area contributed by atoms with Crippen molar-refractivity contribution in [2.24, 2.45) is 7.05 Å². The third-order valence-electron chi connectivity index (χ3n) is 2.38. The Morgan fingerprint density at radius 3 is 3.00 bits per heavy atom. The van der Waals surface area contributed by atoms with Crippen LogP contribution in [0.5, 0.6) is 0 Å². The Morgan fingerprint density at radius 2 is 2.31 bits per heavy atom. The van der Waals surface area contributed by atoms with Gasteiger partial charge in [0, 0.05) is 18.0 Å². The third-order valence-corrected chi connectivity index (χ3v) is 2.68. The van der Waals surface area contributed by atoms with Gasteiger partial charge >= 0.3 is 0 Å². The molecule has 5 heteroatoms. The van der Waals surface area contributed by atoms with E-state index in [0.29, 0.717) is 5.15 Å². The average Bonchev–Trinajstić information content (AvgIpc) is 2.51. The summed E-state index contributed by atoms with van der Waals surface area (Å²) < 4.78 is 1.70. The quantitative estimate of drug-likeness (QED) is 0.813. The van der Waals surface area contributed by atoms with Crippen molar-refractivity contribution >= 4 is 28.7 Å². The normalized spacial score (nSPS) is 11.8. The summed E-state index contributed by atoms with van der Waals surface area (Å²) >= 11 is 6.04. The summed E-state index contributed by atoms with van der Waals surface area (Å²) in [6.07, 6.45) is 3.38. The Morgan fingerprint density at radius 1 is 1.56 bits per heavy atom. The molecule has 0 aliphatic rings. The zero-order chi connectivity index (χ0) is 11.7. The minimum atomic E-state index is -0.0135. The Balaban J connectivity index is 2.65. The van der Waals surface area contributed by atoms with Crippen LogP contribution in [-0.4, -0.2) is 26.5 Å². The molecule has 0 saturated heterocycles. The van der Waals surface area contributed by atoms with Crippen LogP contribution in [0.25, 0.3) is 17.1 Å². The maximum atomic E-state index is 8.72. The lowest BCUT2D eigenvalue weighted by Gasteiger charge is -1.99. The van der Waals surface area contributed by atoms with Crippen molar-refractivity contribution in [1.82, 2.24) is 14.8 Å². The van der Waals surface area contributed by atoms with Gasteiger partial charge in [0.25, 0.3) is 0 Å². The van der Waals surface area contributed by atoms with Crippen LogP contribution in [0.15, 0.2) is 12.1 Å². The first-order chi connectivity index (χ1) is 7.63. The number of pyridine rings is 1. The van der Waals surface area contributed by atoms with Crippen LogP contribution < -0.4 is 0 Å². The minimum absolute atomic E-state index is 0.0135. The summed E-state index contributed by atoms with van der Waals surface area (Å²) in [5.41, 5.74) is 2.48. The lowest BCUT2D eigenvalue weighted by Crippen LogP contribution is -1.92. The van der Waals surface area contributed by atoms with Crippen molar-refractivity contribution in [3.63, 3.8) is 0 Å². The second-order valence-electron chi connectivity index (χ2n) is 3.53. The maximum absolute atomic E-state index is 8.72. The molecule has 0 atom stereocenters. The lowest BCUT2D eigenvalue weighted by atomic mass is 10.2. The van der Waals surface area contributed by atoms with Gasteiger partial charge in [-0.3, -0.25) is 4.68 Å². The zero-order valence-electron chi connectivity index (χ0n) is 9.11. The number of rotatable bonds is 2. The summed E-state index contributed by atoms with van der Waals surface area (Å²) in [4.78, 5) is 4.28. The van der Waals surface area contributed by atoms with Crippen LogP contribution >= 0.6 is 11.6 Å². The molecule has 0 radical (unpaired) electrons. The molecule has 0 spiro atoms. The zero-order valence-corrected chi connectivity index (χ0v) is 9.86. The van der Waals surface area contributed by atoms with E-state index < -0.39 is 0 Å². The van der Waals surface area contributed by atoms with E-state index >= 15 is 0 Å². The van der Waals surface area contributed by atoms with Crippen LogP contribution in [0.2, 0.25) is 5.15 Å². The Bertz CT molecular complexity index is 560. The molecule has 0 aromatic carbocycles. The van der Waals surface area contributed by atoms with E-state index in [9.17, 15) is 0 Å². The second-order valence-corrected chi connectivity index (χ2v) is 3.89. The molecule has 0 unspecified atom stereocenters. The van der Waals surface area contributed by atoms with E-state index in [1.54, 1.807) is 16.8 Å². The number of aromatic nitrogens is 3. The molecule has 0 fully saturated rings. The molecule has 0 aliphatic carbocycles. The summed E-state index contributed by atoms with van der Waals surface area (Å²) in [7, 11) is 1.84. The molecule has 84 valence electrons. The van der Waals surface area contributed by atoms with E-state index in [1.807, 2.05) is 20.0 Å². The molecule has 0 saturated carbocycles. The van der Waals surface area contributed by atoms with Gasteiger partial charge in [-0.1, -0.05) is 23.8 Å². The van der Waals surface area contributed by atoms with Gasteiger partial charge in [0.1, 0.15) is 5.15 Å². The first-order valence-corrected chi connectivity index (χ1v) is 5.28. The number of nitrogens with zero attached hydrogens (tertiary/aromatic N) is 3. The molecule has 16 heavy (non-hydrogen) atoms. The van der Waals surface area contributed by atoms with E-state index in [-0.39, 0.29) is 6.61 Å². The molecule has 0 bridgehead atoms. The van der Waals surface area contributed by atoms with E-state index in [0.717, 1.165) is 22.3 Å². The third kappa shape index (κ3) is 1.81.